The van der Waals surface area contributed by atoms with Gasteiger partial charge in [0.25, 0.3) is 5.91 Å². The molecular formula is C24H25N3O2. The summed E-state index contributed by atoms with van der Waals surface area (Å²) in [6, 6.07) is 17.5. The SMILES string of the molecule is Cc1ccc2cc(C(=O)N3CCC(C(=O)Nc4ccccc4)CC3)c(C)nc2c1. The molecule has 1 aromatic heterocycles. The smallest absolute Gasteiger partial charge is 0.255 e. The van der Waals surface area contributed by atoms with E-state index in [0.29, 0.717) is 31.5 Å². The summed E-state index contributed by atoms with van der Waals surface area (Å²) in [5, 5.41) is 3.94. The Kier molecular flexibility index (Phi) is 5.30. The number of carbonyl (C=O) groups is 2. The minimum atomic E-state index is -0.0712. The number of carbonyl (C=O) groups excluding carboxylic acids is 2. The molecule has 0 aliphatic carbocycles. The van der Waals surface area contributed by atoms with Crippen LogP contribution in [0.5, 0.6) is 0 Å². The number of piperidine rings is 1. The van der Waals surface area contributed by atoms with Gasteiger partial charge < -0.3 is 10.2 Å². The Hall–Kier alpha value is -3.21. The molecule has 1 saturated heterocycles. The molecule has 1 fully saturated rings. The third-order valence-corrected chi connectivity index (χ3v) is 5.59. The normalized spacial score (nSPS) is 14.8. The van der Waals surface area contributed by atoms with Crippen molar-refractivity contribution in [3.8, 4) is 0 Å². The summed E-state index contributed by atoms with van der Waals surface area (Å²) in [7, 11) is 0. The average Bonchev–Trinajstić information content (AvgIpc) is 2.73. The van der Waals surface area contributed by atoms with Crippen LogP contribution < -0.4 is 5.32 Å². The molecule has 5 nitrogen and oxygen atoms in total. The molecule has 2 aromatic carbocycles. The topological polar surface area (TPSA) is 62.3 Å². The number of nitrogens with one attached hydrogen (secondary N) is 1. The van der Waals surface area contributed by atoms with Crippen LogP contribution in [0.15, 0.2) is 54.6 Å². The highest BCUT2D eigenvalue weighted by Gasteiger charge is 2.28. The number of hydrogen-bond acceptors (Lipinski definition) is 3. The number of hydrogen-bond donors (Lipinski definition) is 1. The highest BCUT2D eigenvalue weighted by Crippen LogP contribution is 2.24. The lowest BCUT2D eigenvalue weighted by molar-refractivity contribution is -0.121. The quantitative estimate of drug-likeness (QED) is 0.727. The van der Waals surface area contributed by atoms with E-state index in [1.807, 2.05) is 73.3 Å². The standard InChI is InChI=1S/C24H25N3O2/c1-16-8-9-19-15-21(17(2)25-22(19)14-16)24(29)27-12-10-18(11-13-27)23(28)26-20-6-4-3-5-7-20/h3-9,14-15,18H,10-13H2,1-2H3,(H,26,28). The van der Waals surface area contributed by atoms with Gasteiger partial charge in [0.15, 0.2) is 0 Å². The number of benzene rings is 2. The Bertz CT molecular complexity index is 1050. The Morgan fingerprint density at radius 3 is 2.45 bits per heavy atom. The molecule has 1 N–H and O–H groups in total. The summed E-state index contributed by atoms with van der Waals surface area (Å²) in [4.78, 5) is 32.1. The molecule has 0 bridgehead atoms. The number of amides is 2. The van der Waals surface area contributed by atoms with Gasteiger partial charge in [0.1, 0.15) is 0 Å². The lowest BCUT2D eigenvalue weighted by Gasteiger charge is -2.31. The van der Waals surface area contributed by atoms with Crippen molar-refractivity contribution in [1.29, 1.82) is 0 Å². The largest absolute Gasteiger partial charge is 0.339 e. The van der Waals surface area contributed by atoms with Gasteiger partial charge in [-0.3, -0.25) is 14.6 Å². The Morgan fingerprint density at radius 1 is 1.00 bits per heavy atom. The summed E-state index contributed by atoms with van der Waals surface area (Å²) in [5.74, 6) is -0.0420. The number of aryl methyl sites for hydroxylation is 2. The third kappa shape index (κ3) is 4.14. The lowest BCUT2D eigenvalue weighted by Crippen LogP contribution is -2.41. The van der Waals surface area contributed by atoms with Gasteiger partial charge >= 0.3 is 0 Å². The molecule has 0 spiro atoms. The van der Waals surface area contributed by atoms with Gasteiger partial charge in [-0.15, -0.1) is 0 Å². The molecule has 0 unspecified atom stereocenters. The zero-order valence-corrected chi connectivity index (χ0v) is 16.8. The van der Waals surface area contributed by atoms with Gasteiger partial charge in [-0.25, -0.2) is 0 Å². The van der Waals surface area contributed by atoms with Crippen LogP contribution in [0.2, 0.25) is 0 Å². The monoisotopic (exact) mass is 387 g/mol. The number of aromatic nitrogens is 1. The van der Waals surface area contributed by atoms with Gasteiger partial charge in [-0.2, -0.15) is 0 Å². The third-order valence-electron chi connectivity index (χ3n) is 5.59. The summed E-state index contributed by atoms with van der Waals surface area (Å²) >= 11 is 0. The van der Waals surface area contributed by atoms with E-state index in [4.69, 9.17) is 0 Å². The Morgan fingerprint density at radius 2 is 1.72 bits per heavy atom. The number of likely N-dealkylation sites (tertiary alicyclic amines) is 1. The second-order valence-corrected chi connectivity index (χ2v) is 7.74. The molecule has 1 aliphatic heterocycles. The molecular weight excluding hydrogens is 362 g/mol. The molecule has 5 heteroatoms. The summed E-state index contributed by atoms with van der Waals surface area (Å²) < 4.78 is 0. The van der Waals surface area contributed by atoms with Crippen LogP contribution in [0.25, 0.3) is 10.9 Å². The molecule has 0 atom stereocenters. The van der Waals surface area contributed by atoms with E-state index in [1.54, 1.807) is 0 Å². The van der Waals surface area contributed by atoms with Crippen molar-refractivity contribution in [2.75, 3.05) is 18.4 Å². The van der Waals surface area contributed by atoms with Crippen LogP contribution in [-0.4, -0.2) is 34.8 Å². The fourth-order valence-corrected chi connectivity index (χ4v) is 3.87. The Balaban J connectivity index is 1.42. The van der Waals surface area contributed by atoms with Gasteiger partial charge in [-0.1, -0.05) is 30.3 Å². The summed E-state index contributed by atoms with van der Waals surface area (Å²) in [6.07, 6.45) is 1.34. The maximum Gasteiger partial charge on any atom is 0.255 e. The van der Waals surface area contributed by atoms with E-state index in [0.717, 1.165) is 27.8 Å². The second kappa shape index (κ2) is 8.03. The van der Waals surface area contributed by atoms with Crippen LogP contribution in [0, 0.1) is 19.8 Å². The first-order valence-electron chi connectivity index (χ1n) is 10.0. The van der Waals surface area contributed by atoms with Crippen LogP contribution >= 0.6 is 0 Å². The van der Waals surface area contributed by atoms with Crippen molar-refractivity contribution in [1.82, 2.24) is 9.88 Å². The number of anilines is 1. The molecule has 0 radical (unpaired) electrons. The van der Waals surface area contributed by atoms with Crippen molar-refractivity contribution in [3.63, 3.8) is 0 Å². The van der Waals surface area contributed by atoms with Crippen LogP contribution in [-0.2, 0) is 4.79 Å². The van der Waals surface area contributed by atoms with E-state index in [1.165, 1.54) is 0 Å². The van der Waals surface area contributed by atoms with Crippen LogP contribution in [0.1, 0.15) is 34.5 Å². The van der Waals surface area contributed by atoms with E-state index >= 15 is 0 Å². The number of fused-ring (bicyclic) bond motifs is 1. The van der Waals surface area contributed by atoms with E-state index < -0.39 is 0 Å². The molecule has 29 heavy (non-hydrogen) atoms. The van der Waals surface area contributed by atoms with E-state index in [-0.39, 0.29) is 17.7 Å². The van der Waals surface area contributed by atoms with Crippen molar-refractivity contribution in [2.24, 2.45) is 5.92 Å². The first kappa shape index (κ1) is 19.1. The average molecular weight is 387 g/mol. The molecule has 2 amide bonds. The molecule has 0 saturated carbocycles. The van der Waals surface area contributed by atoms with Crippen molar-refractivity contribution in [2.45, 2.75) is 26.7 Å². The van der Waals surface area contributed by atoms with Gasteiger partial charge in [0.2, 0.25) is 5.91 Å². The molecule has 2 heterocycles. The number of rotatable bonds is 3. The van der Waals surface area contributed by atoms with Gasteiger partial charge in [0.05, 0.1) is 16.8 Å². The first-order chi connectivity index (χ1) is 14.0. The van der Waals surface area contributed by atoms with Gasteiger partial charge in [0, 0.05) is 30.1 Å². The van der Waals surface area contributed by atoms with Crippen LogP contribution in [0.3, 0.4) is 0 Å². The fourth-order valence-electron chi connectivity index (χ4n) is 3.87. The zero-order valence-electron chi connectivity index (χ0n) is 16.8. The highest BCUT2D eigenvalue weighted by atomic mass is 16.2. The zero-order chi connectivity index (χ0) is 20.4. The second-order valence-electron chi connectivity index (χ2n) is 7.74. The van der Waals surface area contributed by atoms with Crippen molar-refractivity contribution >= 4 is 28.4 Å². The number of nitrogens with zero attached hydrogens (tertiary/aromatic N) is 2. The minimum absolute atomic E-state index is 0.000562. The minimum Gasteiger partial charge on any atom is -0.339 e. The molecule has 148 valence electrons. The van der Waals surface area contributed by atoms with Gasteiger partial charge in [-0.05, 0) is 56.5 Å². The van der Waals surface area contributed by atoms with E-state index in [9.17, 15) is 9.59 Å². The highest BCUT2D eigenvalue weighted by molar-refractivity contribution is 5.99. The maximum atomic E-state index is 13.1. The number of para-hydroxylation sites is 1. The van der Waals surface area contributed by atoms with Crippen molar-refractivity contribution < 1.29 is 9.59 Å². The Labute approximate surface area is 170 Å². The predicted octanol–water partition coefficient (Wildman–Crippen LogP) is 4.34. The number of pyridine rings is 1. The molecule has 4 rings (SSSR count). The lowest BCUT2D eigenvalue weighted by atomic mass is 9.95. The summed E-state index contributed by atoms with van der Waals surface area (Å²) in [5.41, 5.74) is 4.27. The summed E-state index contributed by atoms with van der Waals surface area (Å²) in [6.45, 7) is 5.08. The predicted molar refractivity (Wildman–Crippen MR) is 115 cm³/mol. The first-order valence-corrected chi connectivity index (χ1v) is 10.0. The molecule has 1 aliphatic rings. The van der Waals surface area contributed by atoms with Crippen molar-refractivity contribution in [3.05, 3.63) is 71.4 Å². The molecule has 3 aromatic rings. The van der Waals surface area contributed by atoms with E-state index in [2.05, 4.69) is 10.3 Å². The fraction of sp³-hybridized carbons (Fsp3) is 0.292. The van der Waals surface area contributed by atoms with Crippen LogP contribution in [0.4, 0.5) is 5.69 Å². The maximum absolute atomic E-state index is 13.1.